The van der Waals surface area contributed by atoms with E-state index < -0.39 is 0 Å². The maximum Gasteiger partial charge on any atom is 0.236 e. The number of nitrogens with one attached hydrogen (secondary N) is 1. The molecule has 0 radical (unpaired) electrons. The predicted molar refractivity (Wildman–Crippen MR) is 73.1 cm³/mol. The normalized spacial score (nSPS) is 10.1. The quantitative estimate of drug-likeness (QED) is 0.587. The molecular weight excluding hydrogens is 226 g/mol. The van der Waals surface area contributed by atoms with Crippen LogP contribution in [-0.2, 0) is 11.3 Å². The van der Waals surface area contributed by atoms with Crippen molar-refractivity contribution in [1.82, 2.24) is 15.2 Å². The molecule has 4 nitrogen and oxygen atoms in total. The highest BCUT2D eigenvalue weighted by Crippen LogP contribution is 2.03. The van der Waals surface area contributed by atoms with E-state index in [2.05, 4.69) is 16.9 Å². The van der Waals surface area contributed by atoms with E-state index in [9.17, 15) is 4.79 Å². The molecule has 0 saturated heterocycles. The van der Waals surface area contributed by atoms with Crippen LogP contribution in [0, 0.1) is 6.92 Å². The van der Waals surface area contributed by atoms with Gasteiger partial charge < -0.3 is 10.2 Å². The fourth-order valence-corrected chi connectivity index (χ4v) is 1.65. The van der Waals surface area contributed by atoms with Gasteiger partial charge in [0.05, 0.1) is 18.8 Å². The number of likely N-dealkylation sites (N-methyl/N-ethyl adjacent to an activating group) is 1. The molecule has 1 N–H and O–H groups in total. The number of carbonyl (C=O) groups excluding carboxylic acids is 1. The van der Waals surface area contributed by atoms with Gasteiger partial charge in [-0.25, -0.2) is 0 Å². The molecule has 0 aliphatic rings. The zero-order valence-corrected chi connectivity index (χ0v) is 11.1. The van der Waals surface area contributed by atoms with Crippen molar-refractivity contribution in [1.29, 1.82) is 0 Å². The molecule has 1 aromatic heterocycles. The average Bonchev–Trinajstić information content (AvgIpc) is 2.36. The van der Waals surface area contributed by atoms with E-state index in [-0.39, 0.29) is 5.91 Å². The van der Waals surface area contributed by atoms with Crippen molar-refractivity contribution in [2.75, 3.05) is 19.6 Å². The van der Waals surface area contributed by atoms with E-state index >= 15 is 0 Å². The molecule has 98 valence electrons. The van der Waals surface area contributed by atoms with Gasteiger partial charge in [0, 0.05) is 18.8 Å². The molecule has 4 heteroatoms. The molecule has 0 atom stereocenters. The highest BCUT2D eigenvalue weighted by Gasteiger charge is 2.11. The van der Waals surface area contributed by atoms with Crippen molar-refractivity contribution < 1.29 is 4.79 Å². The van der Waals surface area contributed by atoms with Gasteiger partial charge in [0.25, 0.3) is 0 Å². The molecule has 0 unspecified atom stereocenters. The van der Waals surface area contributed by atoms with Crippen molar-refractivity contribution in [3.8, 4) is 0 Å². The third kappa shape index (κ3) is 4.67. The van der Waals surface area contributed by atoms with E-state index in [1.807, 2.05) is 32.0 Å². The Kier molecular flexibility index (Phi) is 6.08. The van der Waals surface area contributed by atoms with Crippen LogP contribution in [0.15, 0.2) is 30.9 Å². The van der Waals surface area contributed by atoms with Crippen LogP contribution in [0.25, 0.3) is 0 Å². The van der Waals surface area contributed by atoms with Crippen LogP contribution in [0.2, 0.25) is 0 Å². The van der Waals surface area contributed by atoms with Crippen molar-refractivity contribution in [3.63, 3.8) is 0 Å². The molecule has 0 spiro atoms. The Morgan fingerprint density at radius 3 is 2.94 bits per heavy atom. The summed E-state index contributed by atoms with van der Waals surface area (Å²) in [6.45, 7) is 9.76. The molecule has 18 heavy (non-hydrogen) atoms. The fourth-order valence-electron chi connectivity index (χ4n) is 1.65. The zero-order chi connectivity index (χ0) is 13.4. The highest BCUT2D eigenvalue weighted by atomic mass is 16.2. The van der Waals surface area contributed by atoms with E-state index in [1.165, 1.54) is 0 Å². The molecule has 0 saturated carbocycles. The van der Waals surface area contributed by atoms with E-state index in [0.717, 1.165) is 11.4 Å². The van der Waals surface area contributed by atoms with Crippen LogP contribution < -0.4 is 5.32 Å². The lowest BCUT2D eigenvalue weighted by Gasteiger charge is -2.20. The summed E-state index contributed by atoms with van der Waals surface area (Å²) in [7, 11) is 0. The largest absolute Gasteiger partial charge is 0.336 e. The molecule has 0 bridgehead atoms. The molecule has 1 aromatic rings. The number of aryl methyl sites for hydroxylation is 1. The summed E-state index contributed by atoms with van der Waals surface area (Å²) in [6.07, 6.45) is 1.74. The number of aromatic nitrogens is 1. The number of pyridine rings is 1. The SMILES string of the molecule is C=CCNCC(=O)N(CC)Cc1cccc(C)n1. The molecule has 1 heterocycles. The van der Waals surface area contributed by atoms with Crippen LogP contribution in [0.4, 0.5) is 0 Å². The summed E-state index contributed by atoms with van der Waals surface area (Å²) in [5.74, 6) is 0.0858. The van der Waals surface area contributed by atoms with Gasteiger partial charge in [-0.2, -0.15) is 0 Å². The standard InChI is InChI=1S/C14H21N3O/c1-4-9-15-10-14(18)17(5-2)11-13-8-6-7-12(3)16-13/h4,6-8,15H,1,5,9-11H2,2-3H3. The third-order valence-corrected chi connectivity index (χ3v) is 2.60. The second-order valence-electron chi connectivity index (χ2n) is 4.10. The van der Waals surface area contributed by atoms with Gasteiger partial charge in [-0.05, 0) is 26.0 Å². The van der Waals surface area contributed by atoms with E-state index in [0.29, 0.717) is 26.2 Å². The molecule has 1 rings (SSSR count). The maximum absolute atomic E-state index is 11.9. The van der Waals surface area contributed by atoms with Gasteiger partial charge >= 0.3 is 0 Å². The first-order valence-electron chi connectivity index (χ1n) is 6.19. The Balaban J connectivity index is 2.55. The van der Waals surface area contributed by atoms with E-state index in [1.54, 1.807) is 11.0 Å². The summed E-state index contributed by atoms with van der Waals surface area (Å²) in [5.41, 5.74) is 1.90. The zero-order valence-electron chi connectivity index (χ0n) is 11.1. The number of nitrogens with zero attached hydrogens (tertiary/aromatic N) is 2. The summed E-state index contributed by atoms with van der Waals surface area (Å²) in [6, 6.07) is 5.86. The van der Waals surface area contributed by atoms with Gasteiger partial charge in [-0.15, -0.1) is 6.58 Å². The van der Waals surface area contributed by atoms with Crippen molar-refractivity contribution in [2.45, 2.75) is 20.4 Å². The van der Waals surface area contributed by atoms with Crippen LogP contribution in [0.3, 0.4) is 0 Å². The van der Waals surface area contributed by atoms with Crippen LogP contribution in [0.1, 0.15) is 18.3 Å². The first-order chi connectivity index (χ1) is 8.67. The number of hydrogen-bond acceptors (Lipinski definition) is 3. The summed E-state index contributed by atoms with van der Waals surface area (Å²) >= 11 is 0. The Morgan fingerprint density at radius 2 is 2.33 bits per heavy atom. The molecule has 0 aliphatic heterocycles. The Labute approximate surface area is 109 Å². The molecular formula is C14H21N3O. The maximum atomic E-state index is 11.9. The number of hydrogen-bond donors (Lipinski definition) is 1. The Hall–Kier alpha value is -1.68. The highest BCUT2D eigenvalue weighted by molar-refractivity contribution is 5.78. The second kappa shape index (κ2) is 7.61. The summed E-state index contributed by atoms with van der Waals surface area (Å²) in [4.78, 5) is 18.1. The topological polar surface area (TPSA) is 45.2 Å². The minimum atomic E-state index is 0.0858. The molecule has 0 aliphatic carbocycles. The van der Waals surface area contributed by atoms with Gasteiger partial charge in [-0.3, -0.25) is 9.78 Å². The molecule has 0 fully saturated rings. The lowest BCUT2D eigenvalue weighted by atomic mass is 10.3. The minimum Gasteiger partial charge on any atom is -0.336 e. The molecule has 0 aromatic carbocycles. The Morgan fingerprint density at radius 1 is 1.56 bits per heavy atom. The fraction of sp³-hybridized carbons (Fsp3) is 0.429. The first-order valence-corrected chi connectivity index (χ1v) is 6.19. The summed E-state index contributed by atoms with van der Waals surface area (Å²) in [5, 5.41) is 3.02. The van der Waals surface area contributed by atoms with E-state index in [4.69, 9.17) is 0 Å². The van der Waals surface area contributed by atoms with Crippen molar-refractivity contribution in [3.05, 3.63) is 42.2 Å². The number of carbonyl (C=O) groups is 1. The predicted octanol–water partition coefficient (Wildman–Crippen LogP) is 1.51. The van der Waals surface area contributed by atoms with Gasteiger partial charge in [0.1, 0.15) is 0 Å². The van der Waals surface area contributed by atoms with Gasteiger partial charge in [0.15, 0.2) is 0 Å². The lowest BCUT2D eigenvalue weighted by Crippen LogP contribution is -2.37. The number of amides is 1. The van der Waals surface area contributed by atoms with Crippen LogP contribution >= 0.6 is 0 Å². The van der Waals surface area contributed by atoms with Crippen LogP contribution in [-0.4, -0.2) is 35.4 Å². The van der Waals surface area contributed by atoms with Gasteiger partial charge in [0.2, 0.25) is 5.91 Å². The Bertz CT molecular complexity index is 404. The second-order valence-corrected chi connectivity index (χ2v) is 4.10. The van der Waals surface area contributed by atoms with Crippen molar-refractivity contribution in [2.24, 2.45) is 0 Å². The van der Waals surface area contributed by atoms with Crippen LogP contribution in [0.5, 0.6) is 0 Å². The monoisotopic (exact) mass is 247 g/mol. The smallest absolute Gasteiger partial charge is 0.236 e. The summed E-state index contributed by atoms with van der Waals surface area (Å²) < 4.78 is 0. The first kappa shape index (κ1) is 14.4. The van der Waals surface area contributed by atoms with Crippen molar-refractivity contribution >= 4 is 5.91 Å². The minimum absolute atomic E-state index is 0.0858. The average molecular weight is 247 g/mol. The molecule has 1 amide bonds. The third-order valence-electron chi connectivity index (χ3n) is 2.60. The van der Waals surface area contributed by atoms with Gasteiger partial charge in [-0.1, -0.05) is 12.1 Å². The lowest BCUT2D eigenvalue weighted by molar-refractivity contribution is -0.130. The number of rotatable bonds is 7.